The third-order valence-corrected chi connectivity index (χ3v) is 4.51. The zero-order valence-corrected chi connectivity index (χ0v) is 16.3. The molecule has 0 saturated carbocycles. The van der Waals surface area contributed by atoms with Crippen LogP contribution in [0.15, 0.2) is 18.2 Å². The van der Waals surface area contributed by atoms with Gasteiger partial charge in [-0.25, -0.2) is 0 Å². The molecule has 0 aromatic heterocycles. The van der Waals surface area contributed by atoms with Crippen molar-refractivity contribution in [2.45, 2.75) is 39.4 Å². The van der Waals surface area contributed by atoms with Gasteiger partial charge in [0.2, 0.25) is 5.91 Å². The molecule has 0 unspecified atom stereocenters. The van der Waals surface area contributed by atoms with Crippen LogP contribution in [-0.2, 0) is 9.53 Å². The molecule has 1 aliphatic heterocycles. The normalized spacial score (nSPS) is 20.8. The number of rotatable bonds is 4. The zero-order valence-electron chi connectivity index (χ0n) is 14.8. The van der Waals surface area contributed by atoms with Gasteiger partial charge in [0.15, 0.2) is 5.11 Å². The molecule has 1 heterocycles. The van der Waals surface area contributed by atoms with Crippen molar-refractivity contribution in [2.24, 2.45) is 0 Å². The Morgan fingerprint density at radius 1 is 1.32 bits per heavy atom. The molecule has 1 fully saturated rings. The van der Waals surface area contributed by atoms with E-state index >= 15 is 0 Å². The molecule has 1 saturated heterocycles. The number of amides is 1. The van der Waals surface area contributed by atoms with Crippen molar-refractivity contribution in [1.29, 1.82) is 0 Å². The molecule has 2 rings (SSSR count). The maximum atomic E-state index is 12.0. The number of hydrogen-bond acceptors (Lipinski definition) is 4. The predicted molar refractivity (Wildman–Crippen MR) is 105 cm³/mol. The lowest BCUT2D eigenvalue weighted by Crippen LogP contribution is -2.48. The fourth-order valence-corrected chi connectivity index (χ4v) is 3.10. The van der Waals surface area contributed by atoms with Gasteiger partial charge >= 0.3 is 0 Å². The van der Waals surface area contributed by atoms with E-state index in [1.807, 2.05) is 32.9 Å². The second-order valence-corrected chi connectivity index (χ2v) is 7.17. The zero-order chi connectivity index (χ0) is 18.4. The molecule has 1 aromatic rings. The Bertz CT molecular complexity index is 619. The van der Waals surface area contributed by atoms with Gasteiger partial charge in [-0.2, -0.15) is 0 Å². The maximum absolute atomic E-state index is 12.0. The van der Waals surface area contributed by atoms with E-state index in [1.54, 1.807) is 6.07 Å². The van der Waals surface area contributed by atoms with E-state index in [-0.39, 0.29) is 18.1 Å². The summed E-state index contributed by atoms with van der Waals surface area (Å²) in [5, 5.41) is 3.94. The monoisotopic (exact) mass is 384 g/mol. The Balaban J connectivity index is 1.68. The lowest BCUT2D eigenvalue weighted by Gasteiger charge is -2.35. The summed E-state index contributed by atoms with van der Waals surface area (Å²) in [6.07, 6.45) is 0.789. The van der Waals surface area contributed by atoms with E-state index < -0.39 is 0 Å². The summed E-state index contributed by atoms with van der Waals surface area (Å²) in [4.78, 5) is 14.2. The number of benzene rings is 1. The van der Waals surface area contributed by atoms with Crippen LogP contribution in [0.25, 0.3) is 0 Å². The van der Waals surface area contributed by atoms with Gasteiger partial charge in [0.1, 0.15) is 0 Å². The van der Waals surface area contributed by atoms with Crippen LogP contribution in [0.4, 0.5) is 5.69 Å². The van der Waals surface area contributed by atoms with Crippen molar-refractivity contribution < 1.29 is 9.53 Å². The number of nitrogens with zero attached hydrogens (tertiary/aromatic N) is 1. The number of hydrazine groups is 1. The third kappa shape index (κ3) is 6.78. The minimum absolute atomic E-state index is 0.113. The SMILES string of the molecule is Cc1ccc(NC(=S)NNC(=O)CCN2C[C@H](C)O[C@@H](C)C2)cc1Cl. The first-order valence-corrected chi connectivity index (χ1v) is 9.12. The van der Waals surface area contributed by atoms with Gasteiger partial charge in [0.05, 0.1) is 12.2 Å². The smallest absolute Gasteiger partial charge is 0.239 e. The molecule has 1 amide bonds. The standard InChI is InChI=1S/C17H25ClN4O2S/c1-11-4-5-14(8-15(11)18)19-17(25)21-20-16(23)6-7-22-9-12(2)24-13(3)10-22/h4-5,8,12-13H,6-7,9-10H2,1-3H3,(H,20,23)(H2,19,21,25)/t12-,13-/m0/s1. The third-order valence-electron chi connectivity index (χ3n) is 3.90. The lowest BCUT2D eigenvalue weighted by molar-refractivity contribution is -0.123. The minimum Gasteiger partial charge on any atom is -0.373 e. The van der Waals surface area contributed by atoms with Crippen molar-refractivity contribution >= 4 is 40.5 Å². The Labute approximate surface area is 159 Å². The highest BCUT2D eigenvalue weighted by Crippen LogP contribution is 2.19. The van der Waals surface area contributed by atoms with Crippen LogP contribution in [0, 0.1) is 6.92 Å². The molecule has 6 nitrogen and oxygen atoms in total. The number of carbonyl (C=O) groups excluding carboxylic acids is 1. The highest BCUT2D eigenvalue weighted by Gasteiger charge is 2.22. The highest BCUT2D eigenvalue weighted by atomic mass is 35.5. The number of morpholine rings is 1. The summed E-state index contributed by atoms with van der Waals surface area (Å²) in [5.74, 6) is -0.113. The molecule has 8 heteroatoms. The van der Waals surface area contributed by atoms with E-state index in [1.165, 1.54) is 0 Å². The van der Waals surface area contributed by atoms with E-state index in [0.29, 0.717) is 23.1 Å². The van der Waals surface area contributed by atoms with Gasteiger partial charge in [-0.05, 0) is 50.7 Å². The molecule has 1 aliphatic rings. The van der Waals surface area contributed by atoms with E-state index in [0.717, 1.165) is 24.3 Å². The van der Waals surface area contributed by atoms with Crippen LogP contribution in [0.1, 0.15) is 25.8 Å². The van der Waals surface area contributed by atoms with Crippen molar-refractivity contribution in [3.8, 4) is 0 Å². The van der Waals surface area contributed by atoms with Gasteiger partial charge in [-0.1, -0.05) is 17.7 Å². The van der Waals surface area contributed by atoms with Gasteiger partial charge in [0, 0.05) is 36.8 Å². The predicted octanol–water partition coefficient (Wildman–Crippen LogP) is 2.47. The molecule has 0 aliphatic carbocycles. The summed E-state index contributed by atoms with van der Waals surface area (Å²) < 4.78 is 5.69. The van der Waals surface area contributed by atoms with Crippen LogP contribution >= 0.6 is 23.8 Å². The largest absolute Gasteiger partial charge is 0.373 e. The first-order valence-electron chi connectivity index (χ1n) is 8.33. The molecule has 0 bridgehead atoms. The van der Waals surface area contributed by atoms with Gasteiger partial charge in [-0.3, -0.25) is 20.5 Å². The van der Waals surface area contributed by atoms with Gasteiger partial charge in [-0.15, -0.1) is 0 Å². The molecule has 1 aromatic carbocycles. The first kappa shape index (κ1) is 19.9. The summed E-state index contributed by atoms with van der Waals surface area (Å²) in [7, 11) is 0. The lowest BCUT2D eigenvalue weighted by atomic mass is 10.2. The average molecular weight is 385 g/mol. The number of aryl methyl sites for hydroxylation is 1. The molecule has 2 atom stereocenters. The molecule has 0 radical (unpaired) electrons. The second-order valence-electron chi connectivity index (χ2n) is 6.36. The topological polar surface area (TPSA) is 65.6 Å². The van der Waals surface area contributed by atoms with Crippen molar-refractivity contribution in [2.75, 3.05) is 25.0 Å². The average Bonchev–Trinajstić information content (AvgIpc) is 2.53. The number of hydrogen-bond donors (Lipinski definition) is 3. The number of thiocarbonyl (C=S) groups is 1. The molecule has 138 valence electrons. The molecule has 25 heavy (non-hydrogen) atoms. The Morgan fingerprint density at radius 3 is 2.64 bits per heavy atom. The van der Waals surface area contributed by atoms with Crippen LogP contribution < -0.4 is 16.2 Å². The Hall–Kier alpha value is -1.41. The van der Waals surface area contributed by atoms with Gasteiger partial charge < -0.3 is 10.1 Å². The van der Waals surface area contributed by atoms with E-state index in [4.69, 9.17) is 28.6 Å². The number of carbonyl (C=O) groups is 1. The number of halogens is 1. The fourth-order valence-electron chi connectivity index (χ4n) is 2.75. The summed E-state index contributed by atoms with van der Waals surface area (Å²) in [6.45, 7) is 8.41. The molecule has 3 N–H and O–H groups in total. The van der Waals surface area contributed by atoms with Crippen LogP contribution in [-0.4, -0.2) is 47.8 Å². The number of ether oxygens (including phenoxy) is 1. The number of anilines is 1. The van der Waals surface area contributed by atoms with E-state index in [2.05, 4.69) is 21.1 Å². The van der Waals surface area contributed by atoms with Crippen LogP contribution in [0.3, 0.4) is 0 Å². The van der Waals surface area contributed by atoms with Crippen LogP contribution in [0.5, 0.6) is 0 Å². The minimum atomic E-state index is -0.113. The highest BCUT2D eigenvalue weighted by molar-refractivity contribution is 7.80. The fraction of sp³-hybridized carbons (Fsp3) is 0.529. The molecular weight excluding hydrogens is 360 g/mol. The van der Waals surface area contributed by atoms with E-state index in [9.17, 15) is 4.79 Å². The van der Waals surface area contributed by atoms with Crippen molar-refractivity contribution in [3.05, 3.63) is 28.8 Å². The quantitative estimate of drug-likeness (QED) is 0.547. The Kier molecular flexibility index (Phi) is 7.43. The number of nitrogens with one attached hydrogen (secondary N) is 3. The van der Waals surface area contributed by atoms with Gasteiger partial charge in [0.25, 0.3) is 0 Å². The second kappa shape index (κ2) is 9.33. The van der Waals surface area contributed by atoms with Crippen molar-refractivity contribution in [3.63, 3.8) is 0 Å². The van der Waals surface area contributed by atoms with Crippen LogP contribution in [0.2, 0.25) is 5.02 Å². The maximum Gasteiger partial charge on any atom is 0.239 e. The van der Waals surface area contributed by atoms with Crippen molar-refractivity contribution in [1.82, 2.24) is 15.8 Å². The summed E-state index contributed by atoms with van der Waals surface area (Å²) in [5.41, 5.74) is 7.07. The molecule has 0 spiro atoms. The Morgan fingerprint density at radius 2 is 2.00 bits per heavy atom. The summed E-state index contributed by atoms with van der Waals surface area (Å²) in [6, 6.07) is 5.56. The first-order chi connectivity index (χ1) is 11.8. The molecular formula is C17H25ClN4O2S. The summed E-state index contributed by atoms with van der Waals surface area (Å²) >= 11 is 11.2.